The van der Waals surface area contributed by atoms with Gasteiger partial charge in [0, 0.05) is 17.9 Å². The molecule has 0 aromatic carbocycles. The van der Waals surface area contributed by atoms with E-state index in [4.69, 9.17) is 5.73 Å². The van der Waals surface area contributed by atoms with Crippen LogP contribution in [0.25, 0.3) is 5.82 Å². The van der Waals surface area contributed by atoms with Gasteiger partial charge in [-0.25, -0.2) is 9.97 Å². The fourth-order valence-corrected chi connectivity index (χ4v) is 1.58. The largest absolute Gasteiger partial charge is 0.324 e. The molecule has 0 radical (unpaired) electrons. The molecule has 0 aliphatic carbocycles. The highest BCUT2D eigenvalue weighted by Crippen LogP contribution is 2.15. The van der Waals surface area contributed by atoms with E-state index in [-0.39, 0.29) is 6.04 Å². The molecule has 0 aliphatic heterocycles. The van der Waals surface area contributed by atoms with Gasteiger partial charge < -0.3 is 5.73 Å². The lowest BCUT2D eigenvalue weighted by Gasteiger charge is -2.09. The van der Waals surface area contributed by atoms with Gasteiger partial charge in [-0.2, -0.15) is 0 Å². The minimum absolute atomic E-state index is 0.0201. The highest BCUT2D eigenvalue weighted by molar-refractivity contribution is 5.32. The lowest BCUT2D eigenvalue weighted by molar-refractivity contribution is 0.809. The Labute approximate surface area is 95.1 Å². The molecule has 0 saturated heterocycles. The Hall–Kier alpha value is -1.68. The molecule has 2 rings (SSSR count). The molecule has 4 nitrogen and oxygen atoms in total. The number of nitrogens with zero attached hydrogens (tertiary/aromatic N) is 3. The van der Waals surface area contributed by atoms with Crippen LogP contribution in [0.15, 0.2) is 24.7 Å². The van der Waals surface area contributed by atoms with Crippen LogP contribution in [0.5, 0.6) is 0 Å². The number of imidazole rings is 1. The fraction of sp³-hybridized carbons (Fsp3) is 0.333. The summed E-state index contributed by atoms with van der Waals surface area (Å²) in [4.78, 5) is 8.59. The molecular weight excluding hydrogens is 200 g/mol. The Kier molecular flexibility index (Phi) is 2.75. The van der Waals surface area contributed by atoms with Crippen LogP contribution in [0.4, 0.5) is 0 Å². The van der Waals surface area contributed by atoms with Crippen LogP contribution in [0, 0.1) is 13.8 Å². The number of nitrogens with two attached hydrogens (primary N) is 1. The smallest absolute Gasteiger partial charge is 0.138 e. The molecular formula is C12H16N4. The molecule has 16 heavy (non-hydrogen) atoms. The lowest BCUT2D eigenvalue weighted by Crippen LogP contribution is -2.07. The van der Waals surface area contributed by atoms with Gasteiger partial charge >= 0.3 is 0 Å². The number of pyridine rings is 1. The van der Waals surface area contributed by atoms with Crippen LogP contribution < -0.4 is 5.73 Å². The van der Waals surface area contributed by atoms with Crippen molar-refractivity contribution in [2.45, 2.75) is 26.8 Å². The zero-order valence-electron chi connectivity index (χ0n) is 9.81. The number of aryl methyl sites for hydroxylation is 1. The number of hydrogen-bond donors (Lipinski definition) is 1. The van der Waals surface area contributed by atoms with Crippen LogP contribution in [0.3, 0.4) is 0 Å². The molecule has 84 valence electrons. The van der Waals surface area contributed by atoms with Crippen molar-refractivity contribution < 1.29 is 0 Å². The molecule has 2 aromatic heterocycles. The van der Waals surface area contributed by atoms with Crippen molar-refractivity contribution >= 4 is 0 Å². The molecule has 1 atom stereocenters. The third-order valence-electron chi connectivity index (χ3n) is 2.79. The SMILES string of the molecule is Cc1ncn(-c2cc(C(C)N)ccn2)c1C. The van der Waals surface area contributed by atoms with Gasteiger partial charge in [0.05, 0.1) is 5.69 Å². The van der Waals surface area contributed by atoms with Crippen LogP contribution in [0.1, 0.15) is 29.9 Å². The van der Waals surface area contributed by atoms with Crippen LogP contribution in [-0.4, -0.2) is 14.5 Å². The second kappa shape index (κ2) is 4.06. The predicted molar refractivity (Wildman–Crippen MR) is 63.4 cm³/mol. The molecule has 0 saturated carbocycles. The minimum atomic E-state index is 0.0201. The first-order valence-electron chi connectivity index (χ1n) is 5.32. The van der Waals surface area contributed by atoms with E-state index < -0.39 is 0 Å². The monoisotopic (exact) mass is 216 g/mol. The maximum absolute atomic E-state index is 5.85. The quantitative estimate of drug-likeness (QED) is 0.834. The topological polar surface area (TPSA) is 56.7 Å². The second-order valence-electron chi connectivity index (χ2n) is 4.02. The van der Waals surface area contributed by atoms with Crippen molar-refractivity contribution in [3.05, 3.63) is 41.6 Å². The Morgan fingerprint density at radius 2 is 2.06 bits per heavy atom. The van der Waals surface area contributed by atoms with E-state index in [1.165, 1.54) is 0 Å². The summed E-state index contributed by atoms with van der Waals surface area (Å²) in [6, 6.07) is 3.96. The highest BCUT2D eigenvalue weighted by Gasteiger charge is 2.07. The van der Waals surface area contributed by atoms with Gasteiger partial charge in [0.15, 0.2) is 0 Å². The van der Waals surface area contributed by atoms with E-state index in [1.54, 1.807) is 12.5 Å². The average Bonchev–Trinajstić information content (AvgIpc) is 2.60. The van der Waals surface area contributed by atoms with Crippen molar-refractivity contribution in [1.29, 1.82) is 0 Å². The molecule has 1 unspecified atom stereocenters. The summed E-state index contributed by atoms with van der Waals surface area (Å²) < 4.78 is 1.97. The third-order valence-corrected chi connectivity index (χ3v) is 2.79. The minimum Gasteiger partial charge on any atom is -0.324 e. The summed E-state index contributed by atoms with van der Waals surface area (Å²) in [5, 5.41) is 0. The molecule has 2 N–H and O–H groups in total. The second-order valence-corrected chi connectivity index (χ2v) is 4.02. The zero-order valence-corrected chi connectivity index (χ0v) is 9.81. The Morgan fingerprint density at radius 1 is 1.31 bits per heavy atom. The van der Waals surface area contributed by atoms with E-state index in [2.05, 4.69) is 9.97 Å². The summed E-state index contributed by atoms with van der Waals surface area (Å²) in [5.74, 6) is 0.868. The molecule has 0 fully saturated rings. The third kappa shape index (κ3) is 1.84. The first kappa shape index (κ1) is 10.8. The van der Waals surface area contributed by atoms with Crippen molar-refractivity contribution in [2.75, 3.05) is 0 Å². The van der Waals surface area contributed by atoms with Crippen LogP contribution in [-0.2, 0) is 0 Å². The van der Waals surface area contributed by atoms with E-state index in [9.17, 15) is 0 Å². The summed E-state index contributed by atoms with van der Waals surface area (Å²) in [5.41, 5.74) is 9.06. The summed E-state index contributed by atoms with van der Waals surface area (Å²) in [6.45, 7) is 5.98. The van der Waals surface area contributed by atoms with Gasteiger partial charge in [-0.15, -0.1) is 0 Å². The molecule has 2 aromatic rings. The normalized spacial score (nSPS) is 12.8. The summed E-state index contributed by atoms with van der Waals surface area (Å²) in [7, 11) is 0. The van der Waals surface area contributed by atoms with Gasteiger partial charge in [-0.3, -0.25) is 4.57 Å². The standard InChI is InChI=1S/C12H16N4/c1-8(13)11-4-5-14-12(6-11)16-7-15-9(2)10(16)3/h4-8H,13H2,1-3H3. The highest BCUT2D eigenvalue weighted by atomic mass is 15.1. The summed E-state index contributed by atoms with van der Waals surface area (Å²) >= 11 is 0. The number of rotatable bonds is 2. The molecule has 4 heteroatoms. The first-order valence-corrected chi connectivity index (χ1v) is 5.32. The van der Waals surface area contributed by atoms with E-state index in [0.717, 1.165) is 22.8 Å². The lowest BCUT2D eigenvalue weighted by atomic mass is 10.1. The van der Waals surface area contributed by atoms with Gasteiger partial charge in [0.25, 0.3) is 0 Å². The molecule has 0 spiro atoms. The Morgan fingerprint density at radius 3 is 2.62 bits per heavy atom. The van der Waals surface area contributed by atoms with E-state index >= 15 is 0 Å². The first-order chi connectivity index (χ1) is 7.59. The van der Waals surface area contributed by atoms with Gasteiger partial charge in [-0.1, -0.05) is 0 Å². The average molecular weight is 216 g/mol. The Bertz CT molecular complexity index is 499. The van der Waals surface area contributed by atoms with Crippen molar-refractivity contribution in [3.63, 3.8) is 0 Å². The molecule has 0 amide bonds. The van der Waals surface area contributed by atoms with Gasteiger partial charge in [0.1, 0.15) is 12.1 Å². The summed E-state index contributed by atoms with van der Waals surface area (Å²) in [6.07, 6.45) is 3.57. The molecule has 0 aliphatic rings. The maximum Gasteiger partial charge on any atom is 0.138 e. The number of hydrogen-bond acceptors (Lipinski definition) is 3. The van der Waals surface area contributed by atoms with Gasteiger partial charge in [-0.05, 0) is 38.5 Å². The van der Waals surface area contributed by atoms with Crippen LogP contribution in [0.2, 0.25) is 0 Å². The van der Waals surface area contributed by atoms with E-state index in [1.807, 2.05) is 37.5 Å². The van der Waals surface area contributed by atoms with E-state index in [0.29, 0.717) is 0 Å². The van der Waals surface area contributed by atoms with Crippen molar-refractivity contribution in [2.24, 2.45) is 5.73 Å². The van der Waals surface area contributed by atoms with Gasteiger partial charge in [0.2, 0.25) is 0 Å². The number of aromatic nitrogens is 3. The Balaban J connectivity index is 2.48. The maximum atomic E-state index is 5.85. The van der Waals surface area contributed by atoms with Crippen molar-refractivity contribution in [1.82, 2.24) is 14.5 Å². The fourth-order valence-electron chi connectivity index (χ4n) is 1.58. The zero-order chi connectivity index (χ0) is 11.7. The van der Waals surface area contributed by atoms with Crippen molar-refractivity contribution in [3.8, 4) is 5.82 Å². The van der Waals surface area contributed by atoms with Crippen LogP contribution >= 0.6 is 0 Å². The molecule has 2 heterocycles. The predicted octanol–water partition coefficient (Wildman–Crippen LogP) is 1.90. The molecule has 0 bridgehead atoms.